The molecule has 0 aliphatic heterocycles. The molecule has 0 aliphatic rings. The Kier molecular flexibility index (Phi) is 3.29. The minimum absolute atomic E-state index is 0.968. The Labute approximate surface area is 74.2 Å². The second kappa shape index (κ2) is 4.04. The van der Waals surface area contributed by atoms with E-state index in [1.165, 1.54) is 10.5 Å². The fourth-order valence-corrected chi connectivity index (χ4v) is 1.95. The van der Waals surface area contributed by atoms with Gasteiger partial charge in [0, 0.05) is 4.90 Å². The summed E-state index contributed by atoms with van der Waals surface area (Å²) in [7, 11) is 0. The van der Waals surface area contributed by atoms with Gasteiger partial charge < -0.3 is 0 Å². The standard InChI is InChI=1S/C8H9BrS/c1-7-2-4-8(5-3-7)10-6-9/h2-5H,6H2,1H3. The lowest BCUT2D eigenvalue weighted by Crippen LogP contribution is -1.72. The first-order valence-corrected chi connectivity index (χ1v) is 5.19. The zero-order chi connectivity index (χ0) is 7.40. The van der Waals surface area contributed by atoms with Gasteiger partial charge in [0.25, 0.3) is 0 Å². The molecule has 1 aromatic carbocycles. The van der Waals surface area contributed by atoms with Crippen LogP contribution in [-0.2, 0) is 0 Å². The first-order chi connectivity index (χ1) is 4.83. The van der Waals surface area contributed by atoms with Gasteiger partial charge in [0.15, 0.2) is 0 Å². The molecule has 1 aromatic rings. The van der Waals surface area contributed by atoms with Crippen molar-refractivity contribution in [2.24, 2.45) is 0 Å². The smallest absolute Gasteiger partial charge is 0.0537 e. The Bertz CT molecular complexity index is 193. The highest BCUT2D eigenvalue weighted by molar-refractivity contribution is 9.11. The summed E-state index contributed by atoms with van der Waals surface area (Å²) >= 11 is 5.17. The van der Waals surface area contributed by atoms with Crippen molar-refractivity contribution in [3.05, 3.63) is 29.8 Å². The van der Waals surface area contributed by atoms with Gasteiger partial charge in [-0.1, -0.05) is 33.6 Å². The van der Waals surface area contributed by atoms with Crippen molar-refractivity contribution < 1.29 is 0 Å². The molecule has 2 heteroatoms. The van der Waals surface area contributed by atoms with Gasteiger partial charge in [0.05, 0.1) is 4.66 Å². The van der Waals surface area contributed by atoms with E-state index in [-0.39, 0.29) is 0 Å². The molecule has 0 N–H and O–H groups in total. The molecule has 0 saturated carbocycles. The van der Waals surface area contributed by atoms with Gasteiger partial charge in [-0.15, -0.1) is 11.8 Å². The lowest BCUT2D eigenvalue weighted by Gasteiger charge is -1.96. The molecular formula is C8H9BrS. The van der Waals surface area contributed by atoms with E-state index in [1.807, 2.05) is 0 Å². The van der Waals surface area contributed by atoms with Crippen molar-refractivity contribution in [3.63, 3.8) is 0 Å². The van der Waals surface area contributed by atoms with Gasteiger partial charge in [-0.05, 0) is 19.1 Å². The number of thioether (sulfide) groups is 1. The number of hydrogen-bond donors (Lipinski definition) is 0. The molecule has 0 saturated heterocycles. The highest BCUT2D eigenvalue weighted by Crippen LogP contribution is 2.19. The Morgan fingerprint density at radius 3 is 2.40 bits per heavy atom. The van der Waals surface area contributed by atoms with Gasteiger partial charge in [-0.25, -0.2) is 0 Å². The van der Waals surface area contributed by atoms with Crippen LogP contribution in [0.15, 0.2) is 29.2 Å². The highest BCUT2D eigenvalue weighted by atomic mass is 79.9. The highest BCUT2D eigenvalue weighted by Gasteiger charge is 1.89. The summed E-state index contributed by atoms with van der Waals surface area (Å²) in [6.45, 7) is 2.10. The van der Waals surface area contributed by atoms with Crippen LogP contribution in [0.2, 0.25) is 0 Å². The summed E-state index contributed by atoms with van der Waals surface area (Å²) in [6.07, 6.45) is 0. The molecule has 1 rings (SSSR count). The van der Waals surface area contributed by atoms with Gasteiger partial charge in [-0.3, -0.25) is 0 Å². The molecule has 54 valence electrons. The summed E-state index contributed by atoms with van der Waals surface area (Å²) in [6, 6.07) is 8.54. The first kappa shape index (κ1) is 8.15. The van der Waals surface area contributed by atoms with E-state index in [2.05, 4.69) is 47.1 Å². The molecule has 10 heavy (non-hydrogen) atoms. The average Bonchev–Trinajstić information content (AvgIpc) is 1.95. The van der Waals surface area contributed by atoms with Gasteiger partial charge >= 0.3 is 0 Å². The molecule has 0 nitrogen and oxygen atoms in total. The molecule has 0 bridgehead atoms. The van der Waals surface area contributed by atoms with Crippen molar-refractivity contribution in [1.29, 1.82) is 0 Å². The second-order valence-corrected chi connectivity index (χ2v) is 4.42. The zero-order valence-corrected chi connectivity index (χ0v) is 8.21. The molecule has 0 atom stereocenters. The van der Waals surface area contributed by atoms with Crippen molar-refractivity contribution in [3.8, 4) is 0 Å². The zero-order valence-electron chi connectivity index (χ0n) is 5.80. The second-order valence-electron chi connectivity index (χ2n) is 2.07. The number of halogens is 1. The molecule has 0 amide bonds. The van der Waals surface area contributed by atoms with Crippen molar-refractivity contribution in [1.82, 2.24) is 0 Å². The maximum Gasteiger partial charge on any atom is 0.0537 e. The van der Waals surface area contributed by atoms with Gasteiger partial charge in [-0.2, -0.15) is 0 Å². The maximum atomic E-state index is 3.37. The Morgan fingerprint density at radius 1 is 1.30 bits per heavy atom. The summed E-state index contributed by atoms with van der Waals surface area (Å²) in [5, 5.41) is 0. The van der Waals surface area contributed by atoms with E-state index < -0.39 is 0 Å². The molecule has 0 spiro atoms. The van der Waals surface area contributed by atoms with Crippen LogP contribution in [0, 0.1) is 6.92 Å². The topological polar surface area (TPSA) is 0 Å². The summed E-state index contributed by atoms with van der Waals surface area (Å²) in [5.74, 6) is 0. The largest absolute Gasteiger partial charge is 0.115 e. The first-order valence-electron chi connectivity index (χ1n) is 3.08. The van der Waals surface area contributed by atoms with Gasteiger partial charge in [0.2, 0.25) is 0 Å². The molecule has 0 radical (unpaired) electrons. The van der Waals surface area contributed by atoms with E-state index >= 15 is 0 Å². The number of alkyl halides is 1. The van der Waals surface area contributed by atoms with Crippen LogP contribution in [0.5, 0.6) is 0 Å². The summed E-state index contributed by atoms with van der Waals surface area (Å²) in [5.41, 5.74) is 1.32. The fraction of sp³-hybridized carbons (Fsp3) is 0.250. The normalized spacial score (nSPS) is 9.80. The van der Waals surface area contributed by atoms with Gasteiger partial charge in [0.1, 0.15) is 0 Å². The molecule has 0 aromatic heterocycles. The SMILES string of the molecule is Cc1ccc(SCBr)cc1. The third-order valence-corrected chi connectivity index (χ3v) is 2.64. The maximum absolute atomic E-state index is 3.37. The van der Waals surface area contributed by atoms with Crippen LogP contribution in [0.4, 0.5) is 0 Å². The van der Waals surface area contributed by atoms with Crippen LogP contribution in [0.25, 0.3) is 0 Å². The lowest BCUT2D eigenvalue weighted by atomic mass is 10.2. The van der Waals surface area contributed by atoms with Crippen LogP contribution >= 0.6 is 27.7 Å². The van der Waals surface area contributed by atoms with Crippen LogP contribution in [0.3, 0.4) is 0 Å². The number of hydrogen-bond acceptors (Lipinski definition) is 1. The Balaban J connectivity index is 2.69. The Morgan fingerprint density at radius 2 is 1.90 bits per heavy atom. The van der Waals surface area contributed by atoms with E-state index in [0.717, 1.165) is 4.66 Å². The molecule has 0 aliphatic carbocycles. The van der Waals surface area contributed by atoms with E-state index in [9.17, 15) is 0 Å². The minimum atomic E-state index is 0.968. The molecule has 0 fully saturated rings. The molecule has 0 unspecified atom stereocenters. The predicted octanol–water partition coefficient (Wildman–Crippen LogP) is 3.44. The molecular weight excluding hydrogens is 208 g/mol. The van der Waals surface area contributed by atoms with E-state index in [4.69, 9.17) is 0 Å². The number of rotatable bonds is 2. The summed E-state index contributed by atoms with van der Waals surface area (Å²) < 4.78 is 0.968. The molecule has 0 heterocycles. The number of aryl methyl sites for hydroxylation is 1. The van der Waals surface area contributed by atoms with Crippen LogP contribution in [-0.4, -0.2) is 4.66 Å². The minimum Gasteiger partial charge on any atom is -0.115 e. The van der Waals surface area contributed by atoms with Crippen LogP contribution in [0.1, 0.15) is 5.56 Å². The van der Waals surface area contributed by atoms with Crippen molar-refractivity contribution >= 4 is 27.7 Å². The average molecular weight is 217 g/mol. The predicted molar refractivity (Wildman–Crippen MR) is 50.8 cm³/mol. The quantitative estimate of drug-likeness (QED) is 0.540. The third kappa shape index (κ3) is 2.35. The monoisotopic (exact) mass is 216 g/mol. The summed E-state index contributed by atoms with van der Waals surface area (Å²) in [4.78, 5) is 1.32. The fourth-order valence-electron chi connectivity index (χ4n) is 0.697. The van der Waals surface area contributed by atoms with E-state index in [1.54, 1.807) is 11.8 Å². The third-order valence-electron chi connectivity index (χ3n) is 1.24. The number of benzene rings is 1. The van der Waals surface area contributed by atoms with Crippen molar-refractivity contribution in [2.75, 3.05) is 4.66 Å². The van der Waals surface area contributed by atoms with Crippen molar-refractivity contribution in [2.45, 2.75) is 11.8 Å². The van der Waals surface area contributed by atoms with E-state index in [0.29, 0.717) is 0 Å². The lowest BCUT2D eigenvalue weighted by molar-refractivity contribution is 1.38. The van der Waals surface area contributed by atoms with Crippen LogP contribution < -0.4 is 0 Å². The Hall–Kier alpha value is 0.0500.